The van der Waals surface area contributed by atoms with Crippen LogP contribution in [0.3, 0.4) is 0 Å². The van der Waals surface area contributed by atoms with Gasteiger partial charge in [0.15, 0.2) is 0 Å². The van der Waals surface area contributed by atoms with Gasteiger partial charge in [-0.1, -0.05) is 58.4 Å². The summed E-state index contributed by atoms with van der Waals surface area (Å²) in [5.41, 5.74) is 9.48. The fourth-order valence-electron chi connectivity index (χ4n) is 2.69. The minimum absolute atomic E-state index is 0.0170. The molecule has 0 heterocycles. The molecule has 2 rings (SSSR count). The van der Waals surface area contributed by atoms with Crippen LogP contribution in [-0.2, 0) is 21.6 Å². The first-order chi connectivity index (χ1) is 16.2. The average molecular weight is 525 g/mol. The van der Waals surface area contributed by atoms with E-state index in [0.717, 1.165) is 22.8 Å². The minimum Gasteiger partial charge on any atom is -0.385 e. The van der Waals surface area contributed by atoms with Crippen molar-refractivity contribution in [3.05, 3.63) is 58.9 Å². The van der Waals surface area contributed by atoms with Crippen LogP contribution in [0.1, 0.15) is 51.3 Å². The second-order valence-corrected chi connectivity index (χ2v) is 14.2. The van der Waals surface area contributed by atoms with Crippen molar-refractivity contribution in [1.82, 2.24) is 0 Å². The molecule has 2 aromatic carbocycles. The number of hydrogen-bond acceptors (Lipinski definition) is 3. The summed E-state index contributed by atoms with van der Waals surface area (Å²) in [4.78, 5) is 9.13. The third-order valence-electron chi connectivity index (χ3n) is 5.50. The molecule has 0 aliphatic carbocycles. The van der Waals surface area contributed by atoms with Crippen LogP contribution >= 0.6 is 10.3 Å². The minimum atomic E-state index is -1.78. The smallest absolute Gasteiger partial charge is 0.150 e. The largest absolute Gasteiger partial charge is 0.385 e. The van der Waals surface area contributed by atoms with Crippen molar-refractivity contribution in [1.29, 1.82) is 0 Å². The van der Waals surface area contributed by atoms with E-state index >= 15 is 0 Å². The molecular weight excluding hydrogens is 483 g/mol. The van der Waals surface area contributed by atoms with E-state index in [1.807, 2.05) is 39.8 Å². The van der Waals surface area contributed by atoms with Gasteiger partial charge in [0.1, 0.15) is 40.8 Å². The van der Waals surface area contributed by atoms with Gasteiger partial charge in [-0.05, 0) is 55.7 Å². The lowest BCUT2D eigenvalue weighted by Gasteiger charge is -2.43. The Labute approximate surface area is 214 Å². The third-order valence-corrected chi connectivity index (χ3v) is 9.88. The van der Waals surface area contributed by atoms with Crippen molar-refractivity contribution in [2.45, 2.75) is 64.5 Å². The van der Waals surface area contributed by atoms with Crippen LogP contribution < -0.4 is 10.9 Å². The van der Waals surface area contributed by atoms with Crippen molar-refractivity contribution in [3.8, 4) is 0 Å². The Bertz CT molecular complexity index is 1090. The molecule has 0 radical (unpaired) electrons. The van der Waals surface area contributed by atoms with Gasteiger partial charge in [0.05, 0.1) is 4.90 Å². The third kappa shape index (κ3) is 9.48. The Morgan fingerprint density at radius 3 is 2.29 bits per heavy atom. The molecule has 0 amide bonds. The molecule has 1 atom stereocenters. The van der Waals surface area contributed by atoms with E-state index in [0.29, 0.717) is 12.3 Å². The Balaban J connectivity index is 0.00000298. The van der Waals surface area contributed by atoms with Gasteiger partial charge in [-0.15, -0.1) is 10.3 Å². The van der Waals surface area contributed by atoms with Gasteiger partial charge in [-0.3, -0.25) is 0 Å². The van der Waals surface area contributed by atoms with Gasteiger partial charge < -0.3 is 9.92 Å². The van der Waals surface area contributed by atoms with E-state index in [2.05, 4.69) is 49.3 Å². The number of rotatable bonds is 7. The number of aryl methyl sites for hydroxylation is 2. The first-order valence-electron chi connectivity index (χ1n) is 11.5. The molecule has 0 fully saturated rings. The molecule has 2 aromatic rings. The van der Waals surface area contributed by atoms with E-state index in [-0.39, 0.29) is 27.8 Å². The van der Waals surface area contributed by atoms with Crippen LogP contribution in [0, 0.1) is 19.7 Å². The quantitative estimate of drug-likeness (QED) is 0.349. The van der Waals surface area contributed by atoms with Crippen LogP contribution in [0.25, 0.3) is 0 Å². The number of nitrogens with two attached hydrogens (primary N) is 2. The zero-order chi connectivity index (χ0) is 27.0. The van der Waals surface area contributed by atoms with Gasteiger partial charge in [-0.25, -0.2) is 23.7 Å². The fourth-order valence-corrected chi connectivity index (χ4v) is 3.88. The second kappa shape index (κ2) is 13.3. The molecule has 1 unspecified atom stereocenters. The Hall–Kier alpha value is -2.07. The SMILES string of the molecule is CC.Cc1ccc(C)c(CC(N=C(N)COS(C)(C)C(C)(C)C)=Nc2ccc(S(N)=O)cc2F)c1. The molecule has 196 valence electrons. The lowest BCUT2D eigenvalue weighted by atomic mass is 10.0. The molecule has 35 heavy (non-hydrogen) atoms. The predicted molar refractivity (Wildman–Crippen MR) is 152 cm³/mol. The number of halogens is 1. The van der Waals surface area contributed by atoms with Crippen molar-refractivity contribution in [3.63, 3.8) is 0 Å². The first-order valence-corrected chi connectivity index (χ1v) is 15.1. The molecule has 0 aliphatic rings. The highest BCUT2D eigenvalue weighted by Crippen LogP contribution is 2.53. The second-order valence-electron chi connectivity index (χ2n) is 9.26. The van der Waals surface area contributed by atoms with E-state index < -0.39 is 27.1 Å². The standard InChI is InChI=1S/C24H35FN4O2S2.C2H6/c1-16-8-9-17(2)18(12-16)13-23(28-21-11-10-19(32(27)30)14-20(21)25)29-22(26)15-31-33(6,7)24(3,4)5;1-2/h8-12,14H,13,15,27H2,1-7H3,(H2,26,28,29);1-2H3. The van der Waals surface area contributed by atoms with E-state index in [9.17, 15) is 8.60 Å². The zero-order valence-corrected chi connectivity index (χ0v) is 24.1. The molecule has 0 spiro atoms. The molecular formula is C26H41FN4O2S2. The summed E-state index contributed by atoms with van der Waals surface area (Å²) in [5, 5.41) is 5.35. The van der Waals surface area contributed by atoms with Crippen LogP contribution in [0.4, 0.5) is 10.1 Å². The number of aliphatic imine (C=N–C) groups is 2. The monoisotopic (exact) mass is 524 g/mol. The highest BCUT2D eigenvalue weighted by molar-refractivity contribution is 8.29. The number of amidine groups is 2. The van der Waals surface area contributed by atoms with Gasteiger partial charge in [0.25, 0.3) is 0 Å². The Morgan fingerprint density at radius 1 is 1.11 bits per heavy atom. The lowest BCUT2D eigenvalue weighted by Crippen LogP contribution is -2.29. The molecule has 4 N–H and O–H groups in total. The van der Waals surface area contributed by atoms with Crippen molar-refractivity contribution >= 4 is 38.7 Å². The molecule has 0 saturated carbocycles. The first kappa shape index (κ1) is 31.0. The van der Waals surface area contributed by atoms with Gasteiger partial charge in [0, 0.05) is 11.2 Å². The highest BCUT2D eigenvalue weighted by atomic mass is 32.3. The summed E-state index contributed by atoms with van der Waals surface area (Å²) in [6.45, 7) is 14.5. The van der Waals surface area contributed by atoms with E-state index in [1.54, 1.807) is 0 Å². The number of nitrogens with zero attached hydrogens (tertiary/aromatic N) is 2. The maximum Gasteiger partial charge on any atom is 0.150 e. The molecule has 9 heteroatoms. The average Bonchev–Trinajstić information content (AvgIpc) is 2.76. The van der Waals surface area contributed by atoms with Gasteiger partial charge in [0.2, 0.25) is 0 Å². The molecule has 0 aliphatic heterocycles. The summed E-state index contributed by atoms with van der Waals surface area (Å²) in [5.74, 6) is -0.00838. The van der Waals surface area contributed by atoms with Crippen molar-refractivity contribution in [2.75, 3.05) is 19.1 Å². The summed E-state index contributed by atoms with van der Waals surface area (Å²) in [6.07, 6.45) is 4.54. The Kier molecular flexibility index (Phi) is 11.8. The molecule has 0 saturated heterocycles. The van der Waals surface area contributed by atoms with Crippen LogP contribution in [-0.4, -0.2) is 39.7 Å². The van der Waals surface area contributed by atoms with E-state index in [4.69, 9.17) is 15.1 Å². The molecule has 0 aromatic heterocycles. The van der Waals surface area contributed by atoms with Crippen molar-refractivity contribution in [2.24, 2.45) is 20.9 Å². The Morgan fingerprint density at radius 2 is 1.74 bits per heavy atom. The number of benzene rings is 2. The van der Waals surface area contributed by atoms with Crippen LogP contribution in [0.2, 0.25) is 0 Å². The fraction of sp³-hybridized carbons (Fsp3) is 0.462. The van der Waals surface area contributed by atoms with Crippen molar-refractivity contribution < 1.29 is 12.8 Å². The van der Waals surface area contributed by atoms with Gasteiger partial charge in [-0.2, -0.15) is 0 Å². The van der Waals surface area contributed by atoms with Crippen LogP contribution in [0.5, 0.6) is 0 Å². The number of hydrogen-bond donors (Lipinski definition) is 2. The topological polar surface area (TPSA) is 103 Å². The summed E-state index contributed by atoms with van der Waals surface area (Å²) in [6, 6.07) is 10.2. The maximum absolute atomic E-state index is 14.6. The summed E-state index contributed by atoms with van der Waals surface area (Å²) in [7, 11) is -3.16. The molecule has 0 bridgehead atoms. The van der Waals surface area contributed by atoms with Gasteiger partial charge >= 0.3 is 0 Å². The molecule has 6 nitrogen and oxygen atoms in total. The maximum atomic E-state index is 14.6. The van der Waals surface area contributed by atoms with Crippen LogP contribution in [0.15, 0.2) is 51.3 Å². The summed E-state index contributed by atoms with van der Waals surface area (Å²) >= 11 is 0. The lowest BCUT2D eigenvalue weighted by molar-refractivity contribution is 0.411. The normalized spacial score (nSPS) is 14.3. The van der Waals surface area contributed by atoms with E-state index in [1.165, 1.54) is 12.1 Å². The summed E-state index contributed by atoms with van der Waals surface area (Å²) < 4.78 is 32.2. The zero-order valence-electron chi connectivity index (χ0n) is 22.4. The predicted octanol–water partition coefficient (Wildman–Crippen LogP) is 5.87. The highest BCUT2D eigenvalue weighted by Gasteiger charge is 2.29.